The number of anilines is 1. The number of nitrogens with zero attached hydrogens (tertiary/aromatic N) is 1. The number of hydrogen-bond acceptors (Lipinski definition) is 3. The average molecular weight is 175 g/mol. The molecule has 1 unspecified atom stereocenters. The van der Waals surface area contributed by atoms with Crippen LogP contribution in [0.1, 0.15) is 12.5 Å². The highest BCUT2D eigenvalue weighted by Crippen LogP contribution is 2.08. The third kappa shape index (κ3) is 3.14. The van der Waals surface area contributed by atoms with Crippen molar-refractivity contribution in [3.05, 3.63) is 29.8 Å². The highest BCUT2D eigenvalue weighted by Gasteiger charge is 1.94. The molecule has 13 heavy (non-hydrogen) atoms. The van der Waals surface area contributed by atoms with Gasteiger partial charge < -0.3 is 11.1 Å². The molecule has 1 atom stereocenters. The first-order chi connectivity index (χ1) is 6.22. The Morgan fingerprint density at radius 1 is 1.46 bits per heavy atom. The summed E-state index contributed by atoms with van der Waals surface area (Å²) in [5.74, 6) is 0. The van der Waals surface area contributed by atoms with Crippen molar-refractivity contribution in [3.63, 3.8) is 0 Å². The number of nitrogens with one attached hydrogen (secondary N) is 1. The van der Waals surface area contributed by atoms with Crippen LogP contribution >= 0.6 is 0 Å². The summed E-state index contributed by atoms with van der Waals surface area (Å²) in [6.07, 6.45) is 0. The SMILES string of the molecule is CC(N)CNc1ccc(C#N)cc1. The van der Waals surface area contributed by atoms with Gasteiger partial charge in [-0.3, -0.25) is 0 Å². The fraction of sp³-hybridized carbons (Fsp3) is 0.300. The largest absolute Gasteiger partial charge is 0.383 e. The zero-order valence-electron chi connectivity index (χ0n) is 7.62. The summed E-state index contributed by atoms with van der Waals surface area (Å²) in [5, 5.41) is 11.7. The molecule has 1 aromatic carbocycles. The second-order valence-corrected chi connectivity index (χ2v) is 3.05. The third-order valence-corrected chi connectivity index (χ3v) is 1.64. The molecule has 1 rings (SSSR count). The lowest BCUT2D eigenvalue weighted by molar-refractivity contribution is 0.780. The van der Waals surface area contributed by atoms with Gasteiger partial charge in [0.1, 0.15) is 0 Å². The fourth-order valence-corrected chi connectivity index (χ4v) is 0.941. The molecule has 0 spiro atoms. The molecule has 68 valence electrons. The third-order valence-electron chi connectivity index (χ3n) is 1.64. The van der Waals surface area contributed by atoms with Crippen LogP contribution in [0.3, 0.4) is 0 Å². The summed E-state index contributed by atoms with van der Waals surface area (Å²) in [4.78, 5) is 0. The van der Waals surface area contributed by atoms with Gasteiger partial charge in [0, 0.05) is 18.3 Å². The fourth-order valence-electron chi connectivity index (χ4n) is 0.941. The van der Waals surface area contributed by atoms with Gasteiger partial charge in [-0.15, -0.1) is 0 Å². The average Bonchev–Trinajstić information content (AvgIpc) is 2.15. The van der Waals surface area contributed by atoms with E-state index in [9.17, 15) is 0 Å². The molecule has 0 amide bonds. The minimum Gasteiger partial charge on any atom is -0.383 e. The first-order valence-corrected chi connectivity index (χ1v) is 4.22. The van der Waals surface area contributed by atoms with Gasteiger partial charge in [0.15, 0.2) is 0 Å². The Morgan fingerprint density at radius 2 is 2.08 bits per heavy atom. The molecule has 0 aliphatic rings. The van der Waals surface area contributed by atoms with Crippen LogP contribution < -0.4 is 11.1 Å². The van der Waals surface area contributed by atoms with E-state index in [1.165, 1.54) is 0 Å². The van der Waals surface area contributed by atoms with E-state index < -0.39 is 0 Å². The predicted molar refractivity (Wildman–Crippen MR) is 53.3 cm³/mol. The highest BCUT2D eigenvalue weighted by molar-refractivity contribution is 5.47. The standard InChI is InChI=1S/C10H13N3/c1-8(12)7-13-10-4-2-9(6-11)3-5-10/h2-5,8,13H,7,12H2,1H3. The van der Waals surface area contributed by atoms with Crippen LogP contribution in [-0.2, 0) is 0 Å². The first-order valence-electron chi connectivity index (χ1n) is 4.22. The molecule has 3 heteroatoms. The Hall–Kier alpha value is -1.53. The van der Waals surface area contributed by atoms with Crippen molar-refractivity contribution < 1.29 is 0 Å². The van der Waals surface area contributed by atoms with Crippen LogP contribution in [0.15, 0.2) is 24.3 Å². The molecular weight excluding hydrogens is 162 g/mol. The van der Waals surface area contributed by atoms with Crippen LogP contribution in [0.25, 0.3) is 0 Å². The van der Waals surface area contributed by atoms with Crippen molar-refractivity contribution in [2.24, 2.45) is 5.73 Å². The molecule has 0 heterocycles. The molecule has 1 aromatic rings. The quantitative estimate of drug-likeness (QED) is 0.728. The van der Waals surface area contributed by atoms with E-state index in [1.54, 1.807) is 12.1 Å². The van der Waals surface area contributed by atoms with Crippen LogP contribution in [0.5, 0.6) is 0 Å². The maximum Gasteiger partial charge on any atom is 0.0991 e. The molecule has 3 N–H and O–H groups in total. The number of nitriles is 1. The number of rotatable bonds is 3. The van der Waals surface area contributed by atoms with E-state index >= 15 is 0 Å². The second kappa shape index (κ2) is 4.48. The van der Waals surface area contributed by atoms with Gasteiger partial charge in [-0.2, -0.15) is 5.26 Å². The van der Waals surface area contributed by atoms with Crippen LogP contribution in [0.4, 0.5) is 5.69 Å². The van der Waals surface area contributed by atoms with E-state index in [0.29, 0.717) is 5.56 Å². The van der Waals surface area contributed by atoms with Gasteiger partial charge >= 0.3 is 0 Å². The van der Waals surface area contributed by atoms with Crippen LogP contribution in [-0.4, -0.2) is 12.6 Å². The Balaban J connectivity index is 2.55. The monoisotopic (exact) mass is 175 g/mol. The van der Waals surface area contributed by atoms with E-state index in [2.05, 4.69) is 11.4 Å². The summed E-state index contributed by atoms with van der Waals surface area (Å²) in [6, 6.07) is 9.52. The molecule has 0 fully saturated rings. The minimum absolute atomic E-state index is 0.135. The van der Waals surface area contributed by atoms with Gasteiger partial charge in [0.2, 0.25) is 0 Å². The summed E-state index contributed by atoms with van der Waals surface area (Å²) < 4.78 is 0. The van der Waals surface area contributed by atoms with Crippen molar-refractivity contribution in [3.8, 4) is 6.07 Å². The Bertz CT molecular complexity index is 295. The van der Waals surface area contributed by atoms with E-state index in [1.807, 2.05) is 19.1 Å². The number of nitrogens with two attached hydrogens (primary N) is 1. The normalized spacial score (nSPS) is 11.8. The molecular formula is C10H13N3. The van der Waals surface area contributed by atoms with Crippen LogP contribution in [0, 0.1) is 11.3 Å². The zero-order valence-corrected chi connectivity index (χ0v) is 7.62. The number of benzene rings is 1. The Labute approximate surface area is 78.2 Å². The maximum absolute atomic E-state index is 8.56. The van der Waals surface area contributed by atoms with E-state index in [-0.39, 0.29) is 6.04 Å². The maximum atomic E-state index is 8.56. The van der Waals surface area contributed by atoms with Gasteiger partial charge in [-0.25, -0.2) is 0 Å². The lowest BCUT2D eigenvalue weighted by Gasteiger charge is -2.08. The topological polar surface area (TPSA) is 61.8 Å². The summed E-state index contributed by atoms with van der Waals surface area (Å²) in [7, 11) is 0. The molecule has 0 bridgehead atoms. The highest BCUT2D eigenvalue weighted by atomic mass is 14.9. The smallest absolute Gasteiger partial charge is 0.0991 e. The van der Waals surface area contributed by atoms with Crippen LogP contribution in [0.2, 0.25) is 0 Å². The first kappa shape index (κ1) is 9.56. The predicted octanol–water partition coefficient (Wildman–Crippen LogP) is 1.32. The summed E-state index contributed by atoms with van der Waals surface area (Å²) in [6.45, 7) is 2.68. The van der Waals surface area contributed by atoms with Crippen molar-refractivity contribution in [1.82, 2.24) is 0 Å². The minimum atomic E-state index is 0.135. The van der Waals surface area contributed by atoms with Gasteiger partial charge in [-0.05, 0) is 31.2 Å². The Kier molecular flexibility index (Phi) is 3.30. The molecule has 0 aromatic heterocycles. The van der Waals surface area contributed by atoms with E-state index in [0.717, 1.165) is 12.2 Å². The molecule has 3 nitrogen and oxygen atoms in total. The zero-order chi connectivity index (χ0) is 9.68. The van der Waals surface area contributed by atoms with E-state index in [4.69, 9.17) is 11.0 Å². The summed E-state index contributed by atoms with van der Waals surface area (Å²) in [5.41, 5.74) is 7.25. The van der Waals surface area contributed by atoms with Gasteiger partial charge in [-0.1, -0.05) is 0 Å². The van der Waals surface area contributed by atoms with Crippen molar-refractivity contribution in [1.29, 1.82) is 5.26 Å². The molecule has 0 radical (unpaired) electrons. The molecule has 0 aliphatic carbocycles. The van der Waals surface area contributed by atoms with Gasteiger partial charge in [0.25, 0.3) is 0 Å². The second-order valence-electron chi connectivity index (χ2n) is 3.05. The van der Waals surface area contributed by atoms with Crippen molar-refractivity contribution in [2.45, 2.75) is 13.0 Å². The summed E-state index contributed by atoms with van der Waals surface area (Å²) >= 11 is 0. The lowest BCUT2D eigenvalue weighted by Crippen LogP contribution is -2.25. The molecule has 0 aliphatic heterocycles. The lowest BCUT2D eigenvalue weighted by atomic mass is 10.2. The van der Waals surface area contributed by atoms with Crippen molar-refractivity contribution >= 4 is 5.69 Å². The molecule has 0 saturated carbocycles. The Morgan fingerprint density at radius 3 is 2.54 bits per heavy atom. The number of hydrogen-bond donors (Lipinski definition) is 2. The van der Waals surface area contributed by atoms with Crippen molar-refractivity contribution in [2.75, 3.05) is 11.9 Å². The molecule has 0 saturated heterocycles. The van der Waals surface area contributed by atoms with Gasteiger partial charge in [0.05, 0.1) is 11.6 Å².